The first-order valence-corrected chi connectivity index (χ1v) is 6.83. The van der Waals surface area contributed by atoms with E-state index in [0.717, 1.165) is 11.3 Å². The van der Waals surface area contributed by atoms with Crippen LogP contribution in [0.2, 0.25) is 0 Å². The molecule has 1 atom stereocenters. The second-order valence-electron chi connectivity index (χ2n) is 3.85. The minimum Gasteiger partial charge on any atom is -0.454 e. The van der Waals surface area contributed by atoms with Gasteiger partial charge in [-0.3, -0.25) is 4.21 Å². The van der Waals surface area contributed by atoms with Gasteiger partial charge in [-0.1, -0.05) is 12.1 Å². The minimum atomic E-state index is -1.14. The zero-order valence-electron chi connectivity index (χ0n) is 9.54. The molecule has 5 heteroatoms. The molecule has 1 aliphatic heterocycles. The van der Waals surface area contributed by atoms with Crippen molar-refractivity contribution in [1.82, 2.24) is 4.98 Å². The Kier molecular flexibility index (Phi) is 2.98. The van der Waals surface area contributed by atoms with Crippen molar-refractivity contribution in [2.75, 3.05) is 6.79 Å². The van der Waals surface area contributed by atoms with Crippen molar-refractivity contribution < 1.29 is 13.7 Å². The van der Waals surface area contributed by atoms with Crippen molar-refractivity contribution in [3.8, 4) is 11.5 Å². The third kappa shape index (κ3) is 2.22. The number of hydrogen-bond acceptors (Lipinski definition) is 4. The fraction of sp³-hybridized carbons (Fsp3) is 0.154. The fourth-order valence-electron chi connectivity index (χ4n) is 1.74. The van der Waals surface area contributed by atoms with Crippen LogP contribution in [0.1, 0.15) is 5.56 Å². The van der Waals surface area contributed by atoms with E-state index in [2.05, 4.69) is 4.98 Å². The first kappa shape index (κ1) is 11.2. The number of rotatable bonds is 3. The summed E-state index contributed by atoms with van der Waals surface area (Å²) in [5.74, 6) is 1.88. The lowest BCUT2D eigenvalue weighted by Gasteiger charge is -2.03. The summed E-state index contributed by atoms with van der Waals surface area (Å²) < 4.78 is 22.6. The van der Waals surface area contributed by atoms with E-state index in [4.69, 9.17) is 9.47 Å². The lowest BCUT2D eigenvalue weighted by Crippen LogP contribution is -1.98. The fourth-order valence-corrected chi connectivity index (χ4v) is 2.78. The molecule has 1 unspecified atom stereocenters. The monoisotopic (exact) mass is 261 g/mol. The quantitative estimate of drug-likeness (QED) is 0.849. The summed E-state index contributed by atoms with van der Waals surface area (Å²) in [6.45, 7) is 0.252. The Morgan fingerprint density at radius 3 is 2.89 bits per heavy atom. The van der Waals surface area contributed by atoms with Crippen molar-refractivity contribution >= 4 is 10.8 Å². The summed E-state index contributed by atoms with van der Waals surface area (Å²) in [6, 6.07) is 11.0. The second kappa shape index (κ2) is 4.78. The van der Waals surface area contributed by atoms with Crippen molar-refractivity contribution in [2.45, 2.75) is 10.8 Å². The lowest BCUT2D eigenvalue weighted by molar-refractivity contribution is 0.174. The molecule has 0 spiro atoms. The average molecular weight is 261 g/mol. The van der Waals surface area contributed by atoms with Gasteiger partial charge >= 0.3 is 0 Å². The molecule has 2 heterocycles. The SMILES string of the molecule is O=S(Cc1ccc2c(c1)OCO2)c1ccccn1. The molecule has 3 rings (SSSR count). The Labute approximate surface area is 107 Å². The molecule has 0 saturated heterocycles. The molecule has 1 aromatic heterocycles. The summed E-state index contributed by atoms with van der Waals surface area (Å²) in [4.78, 5) is 4.09. The first-order valence-electron chi connectivity index (χ1n) is 5.51. The Morgan fingerprint density at radius 2 is 2.06 bits per heavy atom. The van der Waals surface area contributed by atoms with E-state index in [-0.39, 0.29) is 6.79 Å². The number of pyridine rings is 1. The standard InChI is InChI=1S/C13H11NO3S/c15-18(13-3-1-2-6-14-13)8-10-4-5-11-12(7-10)17-9-16-11/h1-7H,8-9H2. The van der Waals surface area contributed by atoms with E-state index in [0.29, 0.717) is 16.5 Å². The maximum Gasteiger partial charge on any atom is 0.231 e. The van der Waals surface area contributed by atoms with Crippen molar-refractivity contribution in [1.29, 1.82) is 0 Å². The zero-order chi connectivity index (χ0) is 12.4. The van der Waals surface area contributed by atoms with Gasteiger partial charge in [-0.05, 0) is 29.8 Å². The number of ether oxygens (including phenoxy) is 2. The van der Waals surface area contributed by atoms with E-state index in [1.54, 1.807) is 18.3 Å². The van der Waals surface area contributed by atoms with Gasteiger partial charge in [0.25, 0.3) is 0 Å². The molecule has 0 fully saturated rings. The van der Waals surface area contributed by atoms with Gasteiger partial charge in [0.2, 0.25) is 6.79 Å². The van der Waals surface area contributed by atoms with Crippen LogP contribution in [0.25, 0.3) is 0 Å². The van der Waals surface area contributed by atoms with Crippen LogP contribution in [0, 0.1) is 0 Å². The lowest BCUT2D eigenvalue weighted by atomic mass is 10.2. The van der Waals surface area contributed by atoms with Gasteiger partial charge in [0.05, 0.1) is 16.6 Å². The van der Waals surface area contributed by atoms with Crippen molar-refractivity contribution in [3.05, 3.63) is 48.2 Å². The molecule has 0 N–H and O–H groups in total. The maximum atomic E-state index is 12.1. The number of aromatic nitrogens is 1. The van der Waals surface area contributed by atoms with Gasteiger partial charge in [0.1, 0.15) is 5.03 Å². The molecule has 0 bridgehead atoms. The molecular weight excluding hydrogens is 250 g/mol. The molecule has 18 heavy (non-hydrogen) atoms. The Bertz CT molecular complexity index is 586. The number of hydrogen-bond donors (Lipinski definition) is 0. The van der Waals surface area contributed by atoms with Crippen LogP contribution in [-0.2, 0) is 16.6 Å². The van der Waals surface area contributed by atoms with Crippen LogP contribution in [0.5, 0.6) is 11.5 Å². The van der Waals surface area contributed by atoms with E-state index in [1.165, 1.54) is 0 Å². The van der Waals surface area contributed by atoms with Gasteiger partial charge in [-0.2, -0.15) is 0 Å². The maximum absolute atomic E-state index is 12.1. The highest BCUT2D eigenvalue weighted by Crippen LogP contribution is 2.32. The zero-order valence-corrected chi connectivity index (χ0v) is 10.4. The third-order valence-corrected chi connectivity index (χ3v) is 3.91. The van der Waals surface area contributed by atoms with Gasteiger partial charge in [-0.25, -0.2) is 4.98 Å². The Balaban J connectivity index is 1.79. The van der Waals surface area contributed by atoms with Gasteiger partial charge in [-0.15, -0.1) is 0 Å². The van der Waals surface area contributed by atoms with Crippen LogP contribution in [0.3, 0.4) is 0 Å². The third-order valence-electron chi connectivity index (χ3n) is 2.61. The van der Waals surface area contributed by atoms with Gasteiger partial charge in [0, 0.05) is 6.20 Å². The molecule has 0 aliphatic carbocycles. The molecule has 92 valence electrons. The topological polar surface area (TPSA) is 48.4 Å². The summed E-state index contributed by atoms with van der Waals surface area (Å²) in [7, 11) is -1.14. The first-order chi connectivity index (χ1) is 8.83. The summed E-state index contributed by atoms with van der Waals surface area (Å²) in [5, 5.41) is 0.593. The van der Waals surface area contributed by atoms with Crippen LogP contribution in [0.15, 0.2) is 47.6 Å². The largest absolute Gasteiger partial charge is 0.454 e. The number of nitrogens with zero attached hydrogens (tertiary/aromatic N) is 1. The van der Waals surface area contributed by atoms with Crippen molar-refractivity contribution in [2.24, 2.45) is 0 Å². The molecule has 1 aliphatic rings. The molecule has 4 nitrogen and oxygen atoms in total. The summed E-state index contributed by atoms with van der Waals surface area (Å²) in [5.41, 5.74) is 0.947. The average Bonchev–Trinajstić information content (AvgIpc) is 2.87. The summed E-state index contributed by atoms with van der Waals surface area (Å²) >= 11 is 0. The minimum absolute atomic E-state index is 0.252. The van der Waals surface area contributed by atoms with Crippen LogP contribution in [-0.4, -0.2) is 16.0 Å². The summed E-state index contributed by atoms with van der Waals surface area (Å²) in [6.07, 6.45) is 1.65. The van der Waals surface area contributed by atoms with Crippen LogP contribution in [0.4, 0.5) is 0 Å². The highest BCUT2D eigenvalue weighted by molar-refractivity contribution is 7.84. The number of fused-ring (bicyclic) bond motifs is 1. The normalized spacial score (nSPS) is 14.4. The Hall–Kier alpha value is -1.88. The molecular formula is C13H11NO3S. The molecule has 0 saturated carbocycles. The van der Waals surface area contributed by atoms with Gasteiger partial charge in [0.15, 0.2) is 11.5 Å². The molecule has 2 aromatic rings. The van der Waals surface area contributed by atoms with Crippen LogP contribution >= 0.6 is 0 Å². The van der Waals surface area contributed by atoms with E-state index >= 15 is 0 Å². The van der Waals surface area contributed by atoms with E-state index < -0.39 is 10.8 Å². The Morgan fingerprint density at radius 1 is 1.17 bits per heavy atom. The van der Waals surface area contributed by atoms with Crippen molar-refractivity contribution in [3.63, 3.8) is 0 Å². The predicted octanol–water partition coefficient (Wildman–Crippen LogP) is 2.12. The van der Waals surface area contributed by atoms with Gasteiger partial charge < -0.3 is 9.47 Å². The molecule has 1 aromatic carbocycles. The number of benzene rings is 1. The van der Waals surface area contributed by atoms with E-state index in [9.17, 15) is 4.21 Å². The molecule has 0 radical (unpaired) electrons. The van der Waals surface area contributed by atoms with Crippen LogP contribution < -0.4 is 9.47 Å². The predicted molar refractivity (Wildman–Crippen MR) is 66.9 cm³/mol. The van der Waals surface area contributed by atoms with E-state index in [1.807, 2.05) is 24.3 Å². The highest BCUT2D eigenvalue weighted by atomic mass is 32.2. The highest BCUT2D eigenvalue weighted by Gasteiger charge is 2.14. The smallest absolute Gasteiger partial charge is 0.231 e. The second-order valence-corrected chi connectivity index (χ2v) is 5.24. The molecule has 0 amide bonds.